The highest BCUT2D eigenvalue weighted by atomic mass is 79.9. The van der Waals surface area contributed by atoms with Gasteiger partial charge in [-0.3, -0.25) is 0 Å². The van der Waals surface area contributed by atoms with Gasteiger partial charge < -0.3 is 0 Å². The van der Waals surface area contributed by atoms with E-state index < -0.39 is 32.2 Å². The molecule has 0 heterocycles. The first kappa shape index (κ1) is 16.5. The smallest absolute Gasteiger partial charge is 0.207 e. The summed E-state index contributed by atoms with van der Waals surface area (Å²) in [4.78, 5) is -0.406. The average molecular weight is 360 g/mol. The maximum atomic E-state index is 12.5. The van der Waals surface area contributed by atoms with E-state index in [1.807, 2.05) is 0 Å². The molecule has 0 fully saturated rings. The second kappa shape index (κ2) is 5.41. The molecule has 1 rings (SSSR count). The molecule has 0 spiro atoms. The molecule has 0 saturated heterocycles. The Labute approximate surface area is 118 Å². The molecule has 0 aliphatic rings. The molecule has 108 valence electrons. The van der Waals surface area contributed by atoms with Crippen LogP contribution < -0.4 is 4.72 Å². The molecule has 0 atom stereocenters. The van der Waals surface area contributed by atoms with Crippen molar-refractivity contribution in [2.45, 2.75) is 30.5 Å². The lowest BCUT2D eigenvalue weighted by Crippen LogP contribution is -2.44. The standard InChI is InChI=1S/C11H13BrF3NO2S/c1-10(2,7-12)16-19(17,18)9-5-3-4-8(6-9)11(13,14)15/h3-6,16H,7H2,1-2H3. The van der Waals surface area contributed by atoms with Gasteiger partial charge >= 0.3 is 6.18 Å². The third-order valence-electron chi connectivity index (χ3n) is 2.22. The summed E-state index contributed by atoms with van der Waals surface area (Å²) in [5, 5.41) is 0.332. The summed E-state index contributed by atoms with van der Waals surface area (Å²) in [5.74, 6) is 0. The largest absolute Gasteiger partial charge is 0.416 e. The molecule has 3 nitrogen and oxygen atoms in total. The minimum atomic E-state index is -4.57. The number of sulfonamides is 1. The quantitative estimate of drug-likeness (QED) is 0.839. The number of halogens is 4. The van der Waals surface area contributed by atoms with Gasteiger partial charge in [0.2, 0.25) is 10.0 Å². The van der Waals surface area contributed by atoms with Crippen molar-refractivity contribution >= 4 is 26.0 Å². The van der Waals surface area contributed by atoms with Crippen molar-refractivity contribution in [2.24, 2.45) is 0 Å². The van der Waals surface area contributed by atoms with Crippen LogP contribution in [-0.2, 0) is 16.2 Å². The molecular weight excluding hydrogens is 347 g/mol. The third kappa shape index (κ3) is 4.47. The molecule has 0 aliphatic carbocycles. The van der Waals surface area contributed by atoms with Gasteiger partial charge in [-0.2, -0.15) is 13.2 Å². The van der Waals surface area contributed by atoms with Crippen LogP contribution in [0.4, 0.5) is 13.2 Å². The summed E-state index contributed by atoms with van der Waals surface area (Å²) < 4.78 is 63.9. The topological polar surface area (TPSA) is 46.2 Å². The summed E-state index contributed by atoms with van der Waals surface area (Å²) in [6.07, 6.45) is -4.57. The van der Waals surface area contributed by atoms with Gasteiger partial charge in [0.05, 0.1) is 10.5 Å². The van der Waals surface area contributed by atoms with Gasteiger partial charge in [0, 0.05) is 10.9 Å². The minimum absolute atomic E-state index is 0.332. The van der Waals surface area contributed by atoms with Crippen LogP contribution in [-0.4, -0.2) is 19.3 Å². The van der Waals surface area contributed by atoms with E-state index in [0.717, 1.165) is 18.2 Å². The summed E-state index contributed by atoms with van der Waals surface area (Å²) in [6, 6.07) is 3.64. The Morgan fingerprint density at radius 3 is 2.32 bits per heavy atom. The van der Waals surface area contributed by atoms with E-state index >= 15 is 0 Å². The van der Waals surface area contributed by atoms with Crippen molar-refractivity contribution < 1.29 is 21.6 Å². The minimum Gasteiger partial charge on any atom is -0.207 e. The summed E-state index contributed by atoms with van der Waals surface area (Å²) in [5.41, 5.74) is -1.79. The van der Waals surface area contributed by atoms with Crippen LogP contribution >= 0.6 is 15.9 Å². The average Bonchev–Trinajstić information content (AvgIpc) is 2.27. The van der Waals surface area contributed by atoms with Crippen LogP contribution in [0.25, 0.3) is 0 Å². The Morgan fingerprint density at radius 1 is 1.26 bits per heavy atom. The van der Waals surface area contributed by atoms with Gasteiger partial charge in [-0.05, 0) is 32.0 Å². The Balaban J connectivity index is 3.17. The maximum Gasteiger partial charge on any atom is 0.416 e. The molecule has 0 aromatic heterocycles. The van der Waals surface area contributed by atoms with Crippen LogP contribution in [0.5, 0.6) is 0 Å². The highest BCUT2D eigenvalue weighted by molar-refractivity contribution is 9.09. The molecule has 1 N–H and O–H groups in total. The van der Waals surface area contributed by atoms with Crippen molar-refractivity contribution in [3.63, 3.8) is 0 Å². The number of nitrogens with one attached hydrogen (secondary N) is 1. The van der Waals surface area contributed by atoms with Gasteiger partial charge in [-0.15, -0.1) is 0 Å². The van der Waals surface area contributed by atoms with Crippen LogP contribution in [0, 0.1) is 0 Å². The fraction of sp³-hybridized carbons (Fsp3) is 0.455. The van der Waals surface area contributed by atoms with Crippen LogP contribution in [0.15, 0.2) is 29.2 Å². The molecule has 0 amide bonds. The zero-order valence-corrected chi connectivity index (χ0v) is 12.7. The van der Waals surface area contributed by atoms with E-state index in [9.17, 15) is 21.6 Å². The first-order valence-electron chi connectivity index (χ1n) is 5.25. The van der Waals surface area contributed by atoms with Gasteiger partial charge in [-0.25, -0.2) is 13.1 Å². The predicted molar refractivity (Wildman–Crippen MR) is 69.6 cm³/mol. The molecular formula is C11H13BrF3NO2S. The number of alkyl halides is 4. The third-order valence-corrected chi connectivity index (χ3v) is 5.31. The van der Waals surface area contributed by atoms with Crippen LogP contribution in [0.2, 0.25) is 0 Å². The number of rotatable bonds is 4. The fourth-order valence-corrected chi connectivity index (χ4v) is 3.07. The molecule has 0 saturated carbocycles. The SMILES string of the molecule is CC(C)(CBr)NS(=O)(=O)c1cccc(C(F)(F)F)c1. The van der Waals surface area contributed by atoms with E-state index in [0.29, 0.717) is 11.4 Å². The molecule has 0 bridgehead atoms. The van der Waals surface area contributed by atoms with Crippen molar-refractivity contribution in [3.8, 4) is 0 Å². The van der Waals surface area contributed by atoms with Crippen molar-refractivity contribution in [1.29, 1.82) is 0 Å². The molecule has 0 radical (unpaired) electrons. The first-order valence-corrected chi connectivity index (χ1v) is 7.86. The number of benzene rings is 1. The Kier molecular flexibility index (Phi) is 4.69. The van der Waals surface area contributed by atoms with E-state index in [-0.39, 0.29) is 0 Å². The lowest BCUT2D eigenvalue weighted by molar-refractivity contribution is -0.137. The summed E-state index contributed by atoms with van der Waals surface area (Å²) in [7, 11) is -3.99. The van der Waals surface area contributed by atoms with E-state index in [1.165, 1.54) is 0 Å². The van der Waals surface area contributed by atoms with E-state index in [2.05, 4.69) is 20.7 Å². The monoisotopic (exact) mass is 359 g/mol. The molecule has 0 aliphatic heterocycles. The predicted octanol–water partition coefficient (Wildman–Crippen LogP) is 3.16. The maximum absolute atomic E-state index is 12.5. The molecule has 0 unspecified atom stereocenters. The van der Waals surface area contributed by atoms with Gasteiger partial charge in [-0.1, -0.05) is 22.0 Å². The van der Waals surface area contributed by atoms with Crippen molar-refractivity contribution in [2.75, 3.05) is 5.33 Å². The highest BCUT2D eigenvalue weighted by Gasteiger charge is 2.32. The van der Waals surface area contributed by atoms with Crippen molar-refractivity contribution in [3.05, 3.63) is 29.8 Å². The molecule has 19 heavy (non-hydrogen) atoms. The van der Waals surface area contributed by atoms with Gasteiger partial charge in [0.15, 0.2) is 0 Å². The van der Waals surface area contributed by atoms with Crippen molar-refractivity contribution in [1.82, 2.24) is 4.72 Å². The zero-order chi connectivity index (χ0) is 14.9. The Bertz CT molecular complexity index is 555. The fourth-order valence-electron chi connectivity index (χ4n) is 1.29. The lowest BCUT2D eigenvalue weighted by atomic mass is 10.1. The molecule has 1 aromatic carbocycles. The Morgan fingerprint density at radius 2 is 1.84 bits per heavy atom. The zero-order valence-electron chi connectivity index (χ0n) is 10.3. The summed E-state index contributed by atoms with van der Waals surface area (Å²) >= 11 is 3.14. The van der Waals surface area contributed by atoms with Gasteiger partial charge in [0.25, 0.3) is 0 Å². The van der Waals surface area contributed by atoms with Gasteiger partial charge in [0.1, 0.15) is 0 Å². The number of hydrogen-bond donors (Lipinski definition) is 1. The van der Waals surface area contributed by atoms with Crippen LogP contribution in [0.3, 0.4) is 0 Å². The lowest BCUT2D eigenvalue weighted by Gasteiger charge is -2.23. The second-order valence-electron chi connectivity index (χ2n) is 4.65. The molecule has 8 heteroatoms. The number of hydrogen-bond acceptors (Lipinski definition) is 2. The highest BCUT2D eigenvalue weighted by Crippen LogP contribution is 2.30. The normalized spacial score (nSPS) is 13.6. The Hall–Kier alpha value is -0.600. The van der Waals surface area contributed by atoms with E-state index in [4.69, 9.17) is 0 Å². The molecule has 1 aromatic rings. The van der Waals surface area contributed by atoms with Crippen LogP contribution in [0.1, 0.15) is 19.4 Å². The summed E-state index contributed by atoms with van der Waals surface area (Å²) in [6.45, 7) is 3.24. The van der Waals surface area contributed by atoms with E-state index in [1.54, 1.807) is 13.8 Å². The second-order valence-corrected chi connectivity index (χ2v) is 6.89. The first-order chi connectivity index (χ1) is 8.48.